The molecule has 1 aliphatic heterocycles. The zero-order valence-corrected chi connectivity index (χ0v) is 14.6. The number of methoxy groups -OCH3 is 1. The normalized spacial score (nSPS) is 23.3. The van der Waals surface area contributed by atoms with Gasteiger partial charge in [0.15, 0.2) is 0 Å². The highest BCUT2D eigenvalue weighted by Gasteiger charge is 2.42. The quantitative estimate of drug-likeness (QED) is 0.572. The first kappa shape index (κ1) is 17.6. The summed E-state index contributed by atoms with van der Waals surface area (Å²) in [5.41, 5.74) is 1.75. The van der Waals surface area contributed by atoms with Gasteiger partial charge < -0.3 is 10.1 Å². The number of halogens is 3. The van der Waals surface area contributed by atoms with Crippen molar-refractivity contribution in [2.45, 2.75) is 24.6 Å². The number of allylic oxidation sites excluding steroid dienone is 2. The van der Waals surface area contributed by atoms with Gasteiger partial charge in [-0.25, -0.2) is 4.79 Å². The summed E-state index contributed by atoms with van der Waals surface area (Å²) in [5, 5.41) is 3.29. The fraction of sp³-hybridized carbons (Fsp3) is 0.286. The van der Waals surface area contributed by atoms with Crippen LogP contribution in [0.4, 0.5) is 18.9 Å². The number of nitrogens with one attached hydrogen (secondary N) is 1. The molecule has 0 saturated heterocycles. The molecule has 2 aromatic rings. The highest BCUT2D eigenvalue weighted by atomic mass is 19.4. The van der Waals surface area contributed by atoms with Gasteiger partial charge in [0.25, 0.3) is 0 Å². The van der Waals surface area contributed by atoms with Gasteiger partial charge in [-0.1, -0.05) is 30.4 Å². The highest BCUT2D eigenvalue weighted by Crippen LogP contribution is 2.51. The molecule has 4 rings (SSSR count). The second-order valence-electron chi connectivity index (χ2n) is 6.85. The van der Waals surface area contributed by atoms with E-state index in [0.717, 1.165) is 17.3 Å². The Labute approximate surface area is 154 Å². The lowest BCUT2D eigenvalue weighted by molar-refractivity contribution is -0.138. The fourth-order valence-corrected chi connectivity index (χ4v) is 4.17. The summed E-state index contributed by atoms with van der Waals surface area (Å²) in [6, 6.07) is 10.4. The molecule has 6 heteroatoms. The third-order valence-corrected chi connectivity index (χ3v) is 5.39. The van der Waals surface area contributed by atoms with Crippen molar-refractivity contribution in [1.82, 2.24) is 0 Å². The van der Waals surface area contributed by atoms with E-state index >= 15 is 0 Å². The van der Waals surface area contributed by atoms with Gasteiger partial charge in [0, 0.05) is 11.6 Å². The average molecular weight is 373 g/mol. The molecule has 0 unspecified atom stereocenters. The molecule has 140 valence electrons. The molecule has 2 aromatic carbocycles. The molecule has 0 bridgehead atoms. The maximum Gasteiger partial charge on any atom is 0.416 e. The predicted octanol–water partition coefficient (Wildman–Crippen LogP) is 5.32. The number of hydrogen-bond acceptors (Lipinski definition) is 3. The van der Waals surface area contributed by atoms with Gasteiger partial charge >= 0.3 is 12.1 Å². The van der Waals surface area contributed by atoms with E-state index in [1.54, 1.807) is 30.3 Å². The second kappa shape index (κ2) is 6.44. The van der Waals surface area contributed by atoms with Crippen LogP contribution in [0.1, 0.15) is 45.4 Å². The lowest BCUT2D eigenvalue weighted by Gasteiger charge is -2.38. The molecular formula is C21H18F3NO2. The van der Waals surface area contributed by atoms with Gasteiger partial charge in [0.05, 0.1) is 24.3 Å². The average Bonchev–Trinajstić information content (AvgIpc) is 3.16. The Bertz CT molecular complexity index is 920. The number of fused-ring (bicyclic) bond motifs is 3. The van der Waals surface area contributed by atoms with Gasteiger partial charge in [-0.15, -0.1) is 0 Å². The summed E-state index contributed by atoms with van der Waals surface area (Å²) in [6.45, 7) is 0. The number of ether oxygens (including phenoxy) is 1. The molecule has 3 atom stereocenters. The molecule has 0 saturated carbocycles. The minimum absolute atomic E-state index is 0.0443. The largest absolute Gasteiger partial charge is 0.465 e. The summed E-state index contributed by atoms with van der Waals surface area (Å²) in [5.74, 6) is -0.521. The van der Waals surface area contributed by atoms with Gasteiger partial charge in [-0.3, -0.25) is 0 Å². The molecule has 3 nitrogen and oxygen atoms in total. The smallest absolute Gasteiger partial charge is 0.416 e. The summed E-state index contributed by atoms with van der Waals surface area (Å²) >= 11 is 0. The maximum atomic E-state index is 13.5. The van der Waals surface area contributed by atoms with Crippen LogP contribution in [0.2, 0.25) is 0 Å². The molecule has 0 spiro atoms. The molecule has 27 heavy (non-hydrogen) atoms. The third-order valence-electron chi connectivity index (χ3n) is 5.39. The lowest BCUT2D eigenvalue weighted by Crippen LogP contribution is -2.31. The van der Waals surface area contributed by atoms with E-state index in [0.29, 0.717) is 12.0 Å². The van der Waals surface area contributed by atoms with Crippen LogP contribution in [0.3, 0.4) is 0 Å². The van der Waals surface area contributed by atoms with Crippen LogP contribution in [0.25, 0.3) is 0 Å². The van der Waals surface area contributed by atoms with E-state index in [9.17, 15) is 18.0 Å². The monoisotopic (exact) mass is 373 g/mol. The first-order valence-electron chi connectivity index (χ1n) is 8.71. The summed E-state index contributed by atoms with van der Waals surface area (Å²) < 4.78 is 45.4. The van der Waals surface area contributed by atoms with Crippen molar-refractivity contribution in [2.75, 3.05) is 12.4 Å². The number of anilines is 1. The van der Waals surface area contributed by atoms with E-state index in [1.807, 2.05) is 12.2 Å². The molecule has 1 N–H and O–H groups in total. The third kappa shape index (κ3) is 2.99. The van der Waals surface area contributed by atoms with E-state index in [2.05, 4.69) is 5.32 Å². The first-order valence-corrected chi connectivity index (χ1v) is 8.71. The van der Waals surface area contributed by atoms with Crippen LogP contribution in [0.15, 0.2) is 54.6 Å². The number of benzene rings is 2. The van der Waals surface area contributed by atoms with Crippen LogP contribution in [-0.2, 0) is 10.9 Å². The zero-order valence-electron chi connectivity index (χ0n) is 14.6. The van der Waals surface area contributed by atoms with E-state index < -0.39 is 23.8 Å². The number of alkyl halides is 3. The molecule has 0 amide bonds. The first-order chi connectivity index (χ1) is 12.9. The van der Waals surface area contributed by atoms with Crippen molar-refractivity contribution >= 4 is 11.7 Å². The Hall–Kier alpha value is -2.76. The molecular weight excluding hydrogens is 355 g/mol. The van der Waals surface area contributed by atoms with Crippen molar-refractivity contribution < 1.29 is 22.7 Å². The van der Waals surface area contributed by atoms with Crippen molar-refractivity contribution in [3.63, 3.8) is 0 Å². The number of carbonyl (C=O) groups excluding carboxylic acids is 1. The number of hydrogen-bond donors (Lipinski definition) is 1. The van der Waals surface area contributed by atoms with Crippen LogP contribution in [-0.4, -0.2) is 13.1 Å². The zero-order chi connectivity index (χ0) is 19.2. The number of esters is 1. The van der Waals surface area contributed by atoms with Crippen molar-refractivity contribution in [2.24, 2.45) is 5.92 Å². The lowest BCUT2D eigenvalue weighted by atomic mass is 9.75. The van der Waals surface area contributed by atoms with Gasteiger partial charge in [-0.05, 0) is 47.7 Å². The second-order valence-corrected chi connectivity index (χ2v) is 6.85. The van der Waals surface area contributed by atoms with E-state index in [1.165, 1.54) is 13.2 Å². The van der Waals surface area contributed by atoms with Gasteiger partial charge in [-0.2, -0.15) is 13.2 Å². The number of rotatable bonds is 2. The molecule has 0 fully saturated rings. The van der Waals surface area contributed by atoms with Crippen LogP contribution in [0, 0.1) is 5.92 Å². The Morgan fingerprint density at radius 1 is 1.15 bits per heavy atom. The highest BCUT2D eigenvalue weighted by molar-refractivity contribution is 5.90. The Morgan fingerprint density at radius 3 is 2.67 bits per heavy atom. The number of carbonyl (C=O) groups is 1. The maximum absolute atomic E-state index is 13.5. The van der Waals surface area contributed by atoms with Gasteiger partial charge in [0.1, 0.15) is 0 Å². The molecule has 0 aromatic heterocycles. The standard InChI is InChI=1S/C21H18F3NO2/c1-27-20(26)12-9-10-18-16(11-12)13-6-4-7-14(13)19(25-18)15-5-2-3-8-17(15)21(22,23)24/h2-6,8-11,13-14,19,25H,7H2,1H3/t13-,14+,19-/m1/s1. The molecule has 0 radical (unpaired) electrons. The topological polar surface area (TPSA) is 38.3 Å². The van der Waals surface area contributed by atoms with Crippen molar-refractivity contribution in [3.8, 4) is 0 Å². The molecule has 1 aliphatic carbocycles. The predicted molar refractivity (Wildman–Crippen MR) is 95.6 cm³/mol. The molecule has 2 aliphatic rings. The summed E-state index contributed by atoms with van der Waals surface area (Å²) in [6.07, 6.45) is 0.292. The minimum atomic E-state index is -4.41. The van der Waals surface area contributed by atoms with Crippen molar-refractivity contribution in [1.29, 1.82) is 0 Å². The van der Waals surface area contributed by atoms with Crippen LogP contribution in [0.5, 0.6) is 0 Å². The van der Waals surface area contributed by atoms with E-state index in [-0.39, 0.29) is 17.4 Å². The van der Waals surface area contributed by atoms with Crippen LogP contribution < -0.4 is 5.32 Å². The van der Waals surface area contributed by atoms with Crippen molar-refractivity contribution in [3.05, 3.63) is 76.9 Å². The Kier molecular flexibility index (Phi) is 4.21. The Balaban J connectivity index is 1.79. The van der Waals surface area contributed by atoms with E-state index in [4.69, 9.17) is 4.74 Å². The minimum Gasteiger partial charge on any atom is -0.465 e. The molecule has 1 heterocycles. The van der Waals surface area contributed by atoms with Gasteiger partial charge in [0.2, 0.25) is 0 Å². The fourth-order valence-electron chi connectivity index (χ4n) is 4.17. The SMILES string of the molecule is COC(=O)c1ccc2c(c1)[C@@H]1C=CC[C@@H]1[C@H](c1ccccc1C(F)(F)F)N2. The van der Waals surface area contributed by atoms with Crippen LogP contribution >= 0.6 is 0 Å². The summed E-state index contributed by atoms with van der Waals surface area (Å²) in [7, 11) is 1.32. The summed E-state index contributed by atoms with van der Waals surface area (Å²) in [4.78, 5) is 11.8. The Morgan fingerprint density at radius 2 is 1.93 bits per heavy atom.